The summed E-state index contributed by atoms with van der Waals surface area (Å²) in [5, 5.41) is 47.4. The van der Waals surface area contributed by atoms with Crippen LogP contribution in [-0.4, -0.2) is 66.0 Å². The highest BCUT2D eigenvalue weighted by molar-refractivity contribution is 5.70. The Bertz CT molecular complexity index is 560. The van der Waals surface area contributed by atoms with E-state index in [9.17, 15) is 15.2 Å². The Kier molecular flexibility index (Phi) is 9.30. The van der Waals surface area contributed by atoms with Crippen molar-refractivity contribution in [3.8, 4) is 6.07 Å². The average molecular weight is 416 g/mol. The zero-order valence-electron chi connectivity index (χ0n) is 19.5. The molecule has 0 spiro atoms. The minimum absolute atomic E-state index is 0.0633. The normalized spacial score (nSPS) is 26.2. The van der Waals surface area contributed by atoms with Crippen LogP contribution in [-0.2, 0) is 4.79 Å². The highest BCUT2D eigenvalue weighted by Gasteiger charge is 2.47. The Morgan fingerprint density at radius 1 is 0.793 bits per heavy atom. The molecule has 2 fully saturated rings. The summed E-state index contributed by atoms with van der Waals surface area (Å²) in [7, 11) is 1.00. The summed E-state index contributed by atoms with van der Waals surface area (Å²) in [5.41, 5.74) is -1.51. The van der Waals surface area contributed by atoms with Gasteiger partial charge in [0.2, 0.25) is 0 Å². The lowest BCUT2D eigenvalue weighted by molar-refractivity contribution is -0.251. The topological polar surface area (TPSA) is 128 Å². The minimum Gasteiger partial charge on any atom is -0.481 e. The molecule has 2 aliphatic heterocycles. The fraction of sp³-hybridized carbons (Fsp3) is 0.905. The van der Waals surface area contributed by atoms with E-state index in [1.54, 1.807) is 0 Å². The van der Waals surface area contributed by atoms with Gasteiger partial charge in [-0.05, 0) is 81.1 Å². The average Bonchev–Trinajstić information content (AvgIpc) is 2.58. The van der Waals surface area contributed by atoms with Gasteiger partial charge >= 0.3 is 5.97 Å². The maximum atomic E-state index is 10.9. The highest BCUT2D eigenvalue weighted by Crippen LogP contribution is 2.40. The number of carbonyl (C=O) groups is 1. The molecule has 8 heteroatoms. The largest absolute Gasteiger partial charge is 0.481 e. The first-order valence-electron chi connectivity index (χ1n) is 10.0. The second-order valence-electron chi connectivity index (χ2n) is 10.6. The zero-order valence-corrected chi connectivity index (χ0v) is 19.5. The third kappa shape index (κ3) is 6.90. The van der Waals surface area contributed by atoms with Crippen molar-refractivity contribution in [2.24, 2.45) is 11.8 Å². The monoisotopic (exact) mass is 415 g/mol. The van der Waals surface area contributed by atoms with Crippen LogP contribution in [0.5, 0.6) is 0 Å². The SMILES string of the molecule is CC1(C)CC(C#N)CC(C)(C)N1O.CC1(C)CC(C(=O)O)CC(C)(C)N1O.CO. The first-order chi connectivity index (χ1) is 13.0. The lowest BCUT2D eigenvalue weighted by atomic mass is 9.75. The quantitative estimate of drug-likeness (QED) is 0.512. The molecule has 0 radical (unpaired) electrons. The molecule has 4 N–H and O–H groups in total. The molecule has 2 aliphatic rings. The number of rotatable bonds is 1. The van der Waals surface area contributed by atoms with Crippen LogP contribution in [0.2, 0.25) is 0 Å². The molecule has 0 unspecified atom stereocenters. The van der Waals surface area contributed by atoms with E-state index >= 15 is 0 Å². The van der Waals surface area contributed by atoms with Gasteiger partial charge in [0.15, 0.2) is 0 Å². The Balaban J connectivity index is 0.000000499. The number of aliphatic carboxylic acids is 1. The molecule has 0 atom stereocenters. The van der Waals surface area contributed by atoms with Crippen molar-refractivity contribution in [3.05, 3.63) is 0 Å². The zero-order chi connectivity index (χ0) is 23.4. The maximum absolute atomic E-state index is 10.9. The van der Waals surface area contributed by atoms with Gasteiger partial charge in [0.25, 0.3) is 0 Å². The number of hydrogen-bond donors (Lipinski definition) is 4. The van der Waals surface area contributed by atoms with E-state index < -0.39 is 17.0 Å². The van der Waals surface area contributed by atoms with Gasteiger partial charge in [0.1, 0.15) is 0 Å². The van der Waals surface area contributed by atoms with Crippen molar-refractivity contribution in [1.29, 1.82) is 5.26 Å². The molecule has 0 aromatic rings. The molecule has 2 saturated heterocycles. The first kappa shape index (κ1) is 27.8. The summed E-state index contributed by atoms with van der Waals surface area (Å²) in [6, 6.07) is 2.30. The molecule has 2 heterocycles. The Hall–Kier alpha value is -1.24. The Labute approximate surface area is 175 Å². The molecule has 170 valence electrons. The fourth-order valence-electron chi connectivity index (χ4n) is 4.81. The molecule has 29 heavy (non-hydrogen) atoms. The fourth-order valence-corrected chi connectivity index (χ4v) is 4.81. The molecular formula is C21H41N3O5. The summed E-state index contributed by atoms with van der Waals surface area (Å²) >= 11 is 0. The number of nitrogens with zero attached hydrogens (tertiary/aromatic N) is 3. The number of nitriles is 1. The minimum atomic E-state index is -0.765. The number of aliphatic hydroxyl groups is 1. The van der Waals surface area contributed by atoms with Crippen LogP contribution < -0.4 is 0 Å². The molecule has 0 amide bonds. The van der Waals surface area contributed by atoms with Crippen LogP contribution >= 0.6 is 0 Å². The van der Waals surface area contributed by atoms with Crippen LogP contribution in [0.1, 0.15) is 81.1 Å². The van der Waals surface area contributed by atoms with E-state index in [0.717, 1.165) is 20.0 Å². The van der Waals surface area contributed by atoms with E-state index in [0.29, 0.717) is 12.8 Å². The Morgan fingerprint density at radius 2 is 1.07 bits per heavy atom. The molecule has 0 saturated carbocycles. The summed E-state index contributed by atoms with van der Waals surface area (Å²) < 4.78 is 0. The van der Waals surface area contributed by atoms with E-state index in [1.165, 1.54) is 10.1 Å². The number of carboxylic acids is 1. The standard InChI is InChI=1S/C10H18N2O.C10H19NO3.CH4O/c1-9(2)5-8(7-11)6-10(3,4)12(9)13;1-9(2)5-7(8(12)13)6-10(3,4)11(9)14;1-2/h8,13H,5-6H2,1-4H3;7,14H,5-6H2,1-4H3,(H,12,13);2H,1H3. The third-order valence-corrected chi connectivity index (χ3v) is 5.81. The lowest BCUT2D eigenvalue weighted by Gasteiger charge is -2.50. The number of piperidine rings is 2. The van der Waals surface area contributed by atoms with Crippen molar-refractivity contribution >= 4 is 5.97 Å². The smallest absolute Gasteiger partial charge is 0.306 e. The van der Waals surface area contributed by atoms with Crippen LogP contribution in [0.25, 0.3) is 0 Å². The predicted molar refractivity (Wildman–Crippen MR) is 110 cm³/mol. The molecule has 0 aliphatic carbocycles. The van der Waals surface area contributed by atoms with E-state index in [2.05, 4.69) is 6.07 Å². The predicted octanol–water partition coefficient (Wildman–Crippen LogP) is 3.51. The van der Waals surface area contributed by atoms with Gasteiger partial charge in [0, 0.05) is 35.2 Å². The van der Waals surface area contributed by atoms with Crippen LogP contribution in [0.3, 0.4) is 0 Å². The van der Waals surface area contributed by atoms with Crippen molar-refractivity contribution < 1.29 is 25.4 Å². The van der Waals surface area contributed by atoms with Gasteiger partial charge < -0.3 is 20.6 Å². The van der Waals surface area contributed by atoms with Crippen LogP contribution in [0.4, 0.5) is 0 Å². The molecule has 0 aromatic carbocycles. The van der Waals surface area contributed by atoms with E-state index in [4.69, 9.17) is 15.5 Å². The molecule has 0 bridgehead atoms. The summed E-state index contributed by atoms with van der Waals surface area (Å²) in [6.45, 7) is 15.3. The lowest BCUT2D eigenvalue weighted by Crippen LogP contribution is -2.59. The number of hydrogen-bond acceptors (Lipinski definition) is 7. The van der Waals surface area contributed by atoms with Gasteiger partial charge in [-0.15, -0.1) is 0 Å². The van der Waals surface area contributed by atoms with E-state index in [-0.39, 0.29) is 22.9 Å². The van der Waals surface area contributed by atoms with Crippen LogP contribution in [0.15, 0.2) is 0 Å². The van der Waals surface area contributed by atoms with Gasteiger partial charge in [-0.25, -0.2) is 0 Å². The summed E-state index contributed by atoms with van der Waals surface area (Å²) in [4.78, 5) is 10.9. The van der Waals surface area contributed by atoms with Crippen molar-refractivity contribution in [2.45, 2.75) is 103 Å². The van der Waals surface area contributed by atoms with Crippen molar-refractivity contribution in [2.75, 3.05) is 7.11 Å². The highest BCUT2D eigenvalue weighted by atomic mass is 16.5. The molecular weight excluding hydrogens is 374 g/mol. The summed E-state index contributed by atoms with van der Waals surface area (Å²) in [5.74, 6) is -1.06. The number of carboxylic acid groups (broad SMARTS) is 1. The third-order valence-electron chi connectivity index (χ3n) is 5.81. The van der Waals surface area contributed by atoms with E-state index in [1.807, 2.05) is 55.4 Å². The second kappa shape index (κ2) is 9.71. The van der Waals surface area contributed by atoms with Gasteiger partial charge in [0.05, 0.1) is 12.0 Å². The molecule has 2 rings (SSSR count). The number of hydroxylamine groups is 4. The van der Waals surface area contributed by atoms with Gasteiger partial charge in [-0.3, -0.25) is 4.79 Å². The maximum Gasteiger partial charge on any atom is 0.306 e. The molecule has 8 nitrogen and oxygen atoms in total. The summed E-state index contributed by atoms with van der Waals surface area (Å²) in [6.07, 6.45) is 2.46. The van der Waals surface area contributed by atoms with Crippen molar-refractivity contribution in [1.82, 2.24) is 10.1 Å². The van der Waals surface area contributed by atoms with Gasteiger partial charge in [-0.1, -0.05) is 0 Å². The molecule has 0 aromatic heterocycles. The first-order valence-corrected chi connectivity index (χ1v) is 10.0. The Morgan fingerprint density at radius 3 is 1.31 bits per heavy atom. The second-order valence-corrected chi connectivity index (χ2v) is 10.6. The number of aliphatic hydroxyl groups excluding tert-OH is 1. The van der Waals surface area contributed by atoms with Crippen molar-refractivity contribution in [3.63, 3.8) is 0 Å². The van der Waals surface area contributed by atoms with Gasteiger partial charge in [-0.2, -0.15) is 15.4 Å². The van der Waals surface area contributed by atoms with Crippen LogP contribution in [0, 0.1) is 23.2 Å².